The number of aryl methyl sites for hydroxylation is 2. The molecule has 0 radical (unpaired) electrons. The van der Waals surface area contributed by atoms with Gasteiger partial charge in [-0.25, -0.2) is 8.42 Å². The van der Waals surface area contributed by atoms with Crippen molar-refractivity contribution in [3.8, 4) is 0 Å². The smallest absolute Gasteiger partial charge is 0.262 e. The quantitative estimate of drug-likeness (QED) is 0.406. The van der Waals surface area contributed by atoms with Crippen LogP contribution >= 0.6 is 22.6 Å². The maximum atomic E-state index is 12.6. The van der Waals surface area contributed by atoms with Gasteiger partial charge in [0.15, 0.2) is 0 Å². The molecule has 2 aromatic rings. The van der Waals surface area contributed by atoms with E-state index in [1.165, 1.54) is 0 Å². The molecular formula is C14H16IN3O2S. The van der Waals surface area contributed by atoms with Gasteiger partial charge < -0.3 is 5.43 Å². The highest BCUT2D eigenvalue weighted by atomic mass is 127. The lowest BCUT2D eigenvalue weighted by molar-refractivity contribution is 0.600. The Morgan fingerprint density at radius 2 is 1.67 bits per heavy atom. The van der Waals surface area contributed by atoms with Gasteiger partial charge in [-0.3, -0.25) is 10.6 Å². The van der Waals surface area contributed by atoms with E-state index in [0.29, 0.717) is 22.5 Å². The number of nitrogen functional groups attached to an aromatic ring is 1. The van der Waals surface area contributed by atoms with Crippen LogP contribution in [0.1, 0.15) is 11.1 Å². The van der Waals surface area contributed by atoms with Gasteiger partial charge in [0.05, 0.1) is 4.90 Å². The molecule has 0 saturated carbocycles. The first kappa shape index (κ1) is 16.1. The minimum absolute atomic E-state index is 0.278. The van der Waals surface area contributed by atoms with Crippen LogP contribution in [0.4, 0.5) is 11.4 Å². The predicted octanol–water partition coefficient (Wildman–Crippen LogP) is 2.99. The normalized spacial score (nSPS) is 11.2. The molecule has 0 aromatic heterocycles. The summed E-state index contributed by atoms with van der Waals surface area (Å²) in [5, 5.41) is 0. The summed E-state index contributed by atoms with van der Waals surface area (Å²) in [5.74, 6) is 5.37. The molecule has 0 fully saturated rings. The molecule has 0 amide bonds. The van der Waals surface area contributed by atoms with Crippen molar-refractivity contribution in [2.45, 2.75) is 18.7 Å². The van der Waals surface area contributed by atoms with E-state index in [1.54, 1.807) is 44.2 Å². The molecule has 0 atom stereocenters. The van der Waals surface area contributed by atoms with E-state index in [4.69, 9.17) is 5.84 Å². The number of rotatable bonds is 4. The molecule has 112 valence electrons. The van der Waals surface area contributed by atoms with Crippen molar-refractivity contribution in [1.29, 1.82) is 0 Å². The minimum atomic E-state index is -3.64. The maximum absolute atomic E-state index is 12.6. The van der Waals surface area contributed by atoms with Gasteiger partial charge in [0.25, 0.3) is 10.0 Å². The van der Waals surface area contributed by atoms with Gasteiger partial charge in [-0.2, -0.15) is 0 Å². The third kappa shape index (κ3) is 3.66. The van der Waals surface area contributed by atoms with Crippen molar-refractivity contribution in [2.24, 2.45) is 5.84 Å². The van der Waals surface area contributed by atoms with E-state index < -0.39 is 10.0 Å². The first-order valence-electron chi connectivity index (χ1n) is 6.20. The van der Waals surface area contributed by atoms with Gasteiger partial charge in [-0.15, -0.1) is 0 Å². The van der Waals surface area contributed by atoms with Crippen molar-refractivity contribution in [2.75, 3.05) is 10.1 Å². The summed E-state index contributed by atoms with van der Waals surface area (Å²) in [6.07, 6.45) is 0. The highest BCUT2D eigenvalue weighted by Gasteiger charge is 2.20. The predicted molar refractivity (Wildman–Crippen MR) is 93.7 cm³/mol. The molecule has 2 rings (SSSR count). The number of hydrogen-bond donors (Lipinski definition) is 3. The Morgan fingerprint density at radius 3 is 2.19 bits per heavy atom. The van der Waals surface area contributed by atoms with Gasteiger partial charge in [-0.05, 0) is 77.9 Å². The first-order valence-corrected chi connectivity index (χ1v) is 8.76. The van der Waals surface area contributed by atoms with E-state index in [9.17, 15) is 8.42 Å². The minimum Gasteiger partial charge on any atom is -0.324 e. The number of nitrogens with one attached hydrogen (secondary N) is 2. The van der Waals surface area contributed by atoms with Gasteiger partial charge in [0.2, 0.25) is 0 Å². The molecule has 0 heterocycles. The summed E-state index contributed by atoms with van der Waals surface area (Å²) in [5.41, 5.74) is 5.03. The lowest BCUT2D eigenvalue weighted by Crippen LogP contribution is -2.16. The molecular weight excluding hydrogens is 401 g/mol. The maximum Gasteiger partial charge on any atom is 0.262 e. The Labute approximate surface area is 138 Å². The SMILES string of the molecule is Cc1cc(NN)cc(C)c1S(=O)(=O)Nc1cccc(I)c1. The number of hydrogen-bond acceptors (Lipinski definition) is 4. The van der Waals surface area contributed by atoms with Crippen molar-refractivity contribution < 1.29 is 8.42 Å². The van der Waals surface area contributed by atoms with E-state index >= 15 is 0 Å². The molecule has 0 unspecified atom stereocenters. The zero-order chi connectivity index (χ0) is 15.6. The van der Waals surface area contributed by atoms with Crippen molar-refractivity contribution in [3.63, 3.8) is 0 Å². The fourth-order valence-electron chi connectivity index (χ4n) is 2.22. The molecule has 2 aromatic carbocycles. The molecule has 0 aliphatic rings. The van der Waals surface area contributed by atoms with Crippen LogP contribution in [0.3, 0.4) is 0 Å². The summed E-state index contributed by atoms with van der Waals surface area (Å²) in [6, 6.07) is 10.6. The van der Waals surface area contributed by atoms with Crippen molar-refractivity contribution in [3.05, 3.63) is 51.1 Å². The van der Waals surface area contributed by atoms with Crippen LogP contribution in [0.2, 0.25) is 0 Å². The largest absolute Gasteiger partial charge is 0.324 e. The Balaban J connectivity index is 2.45. The third-order valence-corrected chi connectivity index (χ3v) is 5.33. The number of hydrazine groups is 1. The Hall–Kier alpha value is -1.32. The average molecular weight is 417 g/mol. The highest BCUT2D eigenvalue weighted by molar-refractivity contribution is 14.1. The molecule has 7 heteroatoms. The van der Waals surface area contributed by atoms with Crippen LogP contribution in [0, 0.1) is 17.4 Å². The lowest BCUT2D eigenvalue weighted by atomic mass is 10.1. The monoisotopic (exact) mass is 417 g/mol. The Kier molecular flexibility index (Phi) is 4.74. The van der Waals surface area contributed by atoms with E-state index in [-0.39, 0.29) is 4.90 Å². The molecule has 0 aliphatic carbocycles. The number of sulfonamides is 1. The van der Waals surface area contributed by atoms with Crippen LogP contribution in [-0.4, -0.2) is 8.42 Å². The van der Waals surface area contributed by atoms with Gasteiger partial charge in [0.1, 0.15) is 0 Å². The molecule has 0 saturated heterocycles. The lowest BCUT2D eigenvalue weighted by Gasteiger charge is -2.14. The van der Waals surface area contributed by atoms with E-state index in [2.05, 4.69) is 32.7 Å². The second-order valence-electron chi connectivity index (χ2n) is 4.70. The standard InChI is InChI=1S/C14H16IN3O2S/c1-9-6-13(17-16)7-10(2)14(9)21(19,20)18-12-5-3-4-11(15)8-12/h3-8,17-18H,16H2,1-2H3. The topological polar surface area (TPSA) is 84.2 Å². The number of nitrogens with two attached hydrogens (primary N) is 1. The summed E-state index contributed by atoms with van der Waals surface area (Å²) in [7, 11) is -3.64. The van der Waals surface area contributed by atoms with Crippen LogP contribution in [-0.2, 0) is 10.0 Å². The number of anilines is 2. The van der Waals surface area contributed by atoms with Crippen LogP contribution < -0.4 is 16.0 Å². The fourth-order valence-corrected chi connectivity index (χ4v) is 4.26. The molecule has 4 N–H and O–H groups in total. The van der Waals surface area contributed by atoms with Gasteiger partial charge in [-0.1, -0.05) is 6.07 Å². The number of benzene rings is 2. The van der Waals surface area contributed by atoms with Crippen LogP contribution in [0.15, 0.2) is 41.3 Å². The molecule has 21 heavy (non-hydrogen) atoms. The van der Waals surface area contributed by atoms with Gasteiger partial charge in [0, 0.05) is 14.9 Å². The number of halogens is 1. The van der Waals surface area contributed by atoms with E-state index in [1.807, 2.05) is 6.07 Å². The molecule has 0 aliphatic heterocycles. The Bertz CT molecular complexity index is 753. The fraction of sp³-hybridized carbons (Fsp3) is 0.143. The second-order valence-corrected chi connectivity index (χ2v) is 7.56. The summed E-state index contributed by atoms with van der Waals surface area (Å²) < 4.78 is 28.8. The Morgan fingerprint density at radius 1 is 1.05 bits per heavy atom. The zero-order valence-electron chi connectivity index (χ0n) is 11.6. The van der Waals surface area contributed by atoms with Crippen molar-refractivity contribution in [1.82, 2.24) is 0 Å². The first-order chi connectivity index (χ1) is 9.83. The highest BCUT2D eigenvalue weighted by Crippen LogP contribution is 2.26. The second kappa shape index (κ2) is 6.20. The van der Waals surface area contributed by atoms with Crippen molar-refractivity contribution >= 4 is 44.0 Å². The van der Waals surface area contributed by atoms with Gasteiger partial charge >= 0.3 is 0 Å². The summed E-state index contributed by atoms with van der Waals surface area (Å²) in [4.78, 5) is 0.278. The summed E-state index contributed by atoms with van der Waals surface area (Å²) in [6.45, 7) is 3.49. The third-order valence-electron chi connectivity index (χ3n) is 2.97. The van der Waals surface area contributed by atoms with Crippen LogP contribution in [0.5, 0.6) is 0 Å². The molecule has 0 spiro atoms. The average Bonchev–Trinajstić information content (AvgIpc) is 2.36. The van der Waals surface area contributed by atoms with Crippen LogP contribution in [0.25, 0.3) is 0 Å². The molecule has 5 nitrogen and oxygen atoms in total. The summed E-state index contributed by atoms with van der Waals surface area (Å²) >= 11 is 2.14. The zero-order valence-corrected chi connectivity index (χ0v) is 14.6. The van der Waals surface area contributed by atoms with E-state index in [0.717, 1.165) is 3.57 Å². The molecule has 0 bridgehead atoms.